The van der Waals surface area contributed by atoms with Crippen molar-refractivity contribution in [2.24, 2.45) is 0 Å². The number of aromatic amines is 1. The maximum atomic E-state index is 12.0. The number of nitrogens with one attached hydrogen (secondary N) is 1. The first-order chi connectivity index (χ1) is 10.9. The molecule has 0 spiro atoms. The van der Waals surface area contributed by atoms with Crippen molar-refractivity contribution in [1.82, 2.24) is 24.5 Å². The molecular weight excluding hydrogens is 292 g/mol. The number of H-pyrrole nitrogens is 1. The number of nitrogens with two attached hydrogens (primary N) is 1. The summed E-state index contributed by atoms with van der Waals surface area (Å²) in [5.74, 6) is 1.29. The number of aromatic nitrogens is 5. The Bertz CT molecular complexity index is 962. The summed E-state index contributed by atoms with van der Waals surface area (Å²) in [4.78, 5) is 28.5. The highest BCUT2D eigenvalue weighted by Crippen LogP contribution is 2.16. The molecule has 118 valence electrons. The van der Waals surface area contributed by atoms with E-state index in [-0.39, 0.29) is 11.2 Å². The largest absolute Gasteiger partial charge is 0.394 e. The van der Waals surface area contributed by atoms with Crippen molar-refractivity contribution in [1.29, 1.82) is 0 Å². The summed E-state index contributed by atoms with van der Waals surface area (Å²) in [5.41, 5.74) is 8.92. The Hall–Kier alpha value is -2.96. The predicted molar refractivity (Wildman–Crippen MR) is 90.0 cm³/mol. The second-order valence-corrected chi connectivity index (χ2v) is 5.66. The van der Waals surface area contributed by atoms with Crippen LogP contribution in [0.2, 0.25) is 0 Å². The molecular formula is C16H18N6O. The van der Waals surface area contributed by atoms with Gasteiger partial charge in [0.15, 0.2) is 5.65 Å². The van der Waals surface area contributed by atoms with Crippen molar-refractivity contribution in [2.75, 3.05) is 5.73 Å². The standard InChI is InChI=1S/C16H18N6O/c1-9(2)7-12-14-15(19-10(3)18-12)21-13(20-14)8-22-6-4-5-11(17)16(22)23/h4-7H,8,17H2,1-3H3,(H,18,19,20,21). The first-order valence-corrected chi connectivity index (χ1v) is 7.27. The van der Waals surface area contributed by atoms with Gasteiger partial charge in [0.05, 0.1) is 17.9 Å². The lowest BCUT2D eigenvalue weighted by molar-refractivity contribution is 0.728. The zero-order valence-corrected chi connectivity index (χ0v) is 13.3. The molecule has 0 radical (unpaired) electrons. The molecule has 3 rings (SSSR count). The van der Waals surface area contributed by atoms with Gasteiger partial charge in [0.2, 0.25) is 0 Å². The van der Waals surface area contributed by atoms with Gasteiger partial charge in [-0.05, 0) is 39.0 Å². The van der Waals surface area contributed by atoms with Gasteiger partial charge < -0.3 is 15.3 Å². The molecule has 0 fully saturated rings. The van der Waals surface area contributed by atoms with Crippen LogP contribution in [0.1, 0.15) is 31.2 Å². The van der Waals surface area contributed by atoms with Gasteiger partial charge in [-0.15, -0.1) is 0 Å². The van der Waals surface area contributed by atoms with E-state index < -0.39 is 0 Å². The number of nitrogens with zero attached hydrogens (tertiary/aromatic N) is 4. The van der Waals surface area contributed by atoms with E-state index >= 15 is 0 Å². The van der Waals surface area contributed by atoms with E-state index in [1.54, 1.807) is 18.3 Å². The SMILES string of the molecule is CC(C)=Cc1nc(C)nc2nc(Cn3cccc(N)c3=O)[nH]c12. The fraction of sp³-hybridized carbons (Fsp3) is 0.250. The van der Waals surface area contributed by atoms with E-state index in [1.807, 2.05) is 26.8 Å². The molecule has 7 heteroatoms. The van der Waals surface area contributed by atoms with Gasteiger partial charge in [-0.3, -0.25) is 4.79 Å². The molecule has 0 atom stereocenters. The minimum Gasteiger partial charge on any atom is -0.394 e. The van der Waals surface area contributed by atoms with Crippen molar-refractivity contribution in [3.63, 3.8) is 0 Å². The van der Waals surface area contributed by atoms with Crippen molar-refractivity contribution >= 4 is 22.9 Å². The van der Waals surface area contributed by atoms with Crippen LogP contribution in [0.3, 0.4) is 0 Å². The molecule has 3 aromatic rings. The fourth-order valence-electron chi connectivity index (χ4n) is 2.37. The normalized spacial score (nSPS) is 10.9. The Kier molecular flexibility index (Phi) is 3.69. The number of allylic oxidation sites excluding steroid dienone is 1. The number of hydrogen-bond acceptors (Lipinski definition) is 5. The quantitative estimate of drug-likeness (QED) is 0.769. The molecule has 3 N–H and O–H groups in total. The molecule has 0 aliphatic rings. The maximum absolute atomic E-state index is 12.0. The van der Waals surface area contributed by atoms with Gasteiger partial charge in [-0.25, -0.2) is 15.0 Å². The van der Waals surface area contributed by atoms with Crippen LogP contribution in [-0.2, 0) is 6.54 Å². The van der Waals surface area contributed by atoms with Crippen molar-refractivity contribution in [3.05, 3.63) is 51.6 Å². The van der Waals surface area contributed by atoms with E-state index in [1.165, 1.54) is 4.57 Å². The summed E-state index contributed by atoms with van der Waals surface area (Å²) in [5, 5.41) is 0. The summed E-state index contributed by atoms with van der Waals surface area (Å²) < 4.78 is 1.51. The number of aryl methyl sites for hydroxylation is 1. The molecule has 3 heterocycles. The van der Waals surface area contributed by atoms with Crippen molar-refractivity contribution in [2.45, 2.75) is 27.3 Å². The summed E-state index contributed by atoms with van der Waals surface area (Å²) in [6.45, 7) is 6.14. The number of rotatable bonds is 3. The molecule has 0 aliphatic heterocycles. The van der Waals surface area contributed by atoms with Crippen LogP contribution in [0.4, 0.5) is 5.69 Å². The van der Waals surface area contributed by atoms with Crippen LogP contribution < -0.4 is 11.3 Å². The van der Waals surface area contributed by atoms with Crippen LogP contribution in [0, 0.1) is 6.92 Å². The third-order valence-corrected chi connectivity index (χ3v) is 3.33. The Morgan fingerprint density at radius 1 is 1.35 bits per heavy atom. The molecule has 0 saturated carbocycles. The first kappa shape index (κ1) is 15.0. The molecule has 7 nitrogen and oxygen atoms in total. The lowest BCUT2D eigenvalue weighted by Gasteiger charge is -2.03. The monoisotopic (exact) mass is 310 g/mol. The third-order valence-electron chi connectivity index (χ3n) is 3.33. The van der Waals surface area contributed by atoms with Gasteiger partial charge in [-0.1, -0.05) is 5.57 Å². The Morgan fingerprint density at radius 3 is 2.87 bits per heavy atom. The predicted octanol–water partition coefficient (Wildman–Crippen LogP) is 1.88. The number of fused-ring (bicyclic) bond motifs is 1. The number of nitrogen functional groups attached to an aromatic ring is 1. The molecule has 3 aromatic heterocycles. The van der Waals surface area contributed by atoms with E-state index in [9.17, 15) is 4.79 Å². The average molecular weight is 310 g/mol. The minimum absolute atomic E-state index is 0.212. The van der Waals surface area contributed by atoms with E-state index in [2.05, 4.69) is 19.9 Å². The smallest absolute Gasteiger partial charge is 0.274 e. The van der Waals surface area contributed by atoms with Crippen LogP contribution in [-0.4, -0.2) is 24.5 Å². The van der Waals surface area contributed by atoms with Gasteiger partial charge in [0.25, 0.3) is 5.56 Å². The summed E-state index contributed by atoms with van der Waals surface area (Å²) >= 11 is 0. The third kappa shape index (κ3) is 2.98. The number of imidazole rings is 1. The van der Waals surface area contributed by atoms with Gasteiger partial charge in [0.1, 0.15) is 17.2 Å². The number of pyridine rings is 1. The van der Waals surface area contributed by atoms with E-state index in [4.69, 9.17) is 5.73 Å². The zero-order valence-electron chi connectivity index (χ0n) is 13.3. The molecule has 0 amide bonds. The molecule has 0 bridgehead atoms. The maximum Gasteiger partial charge on any atom is 0.274 e. The summed E-state index contributed by atoms with van der Waals surface area (Å²) in [6.07, 6.45) is 3.66. The van der Waals surface area contributed by atoms with Crippen LogP contribution in [0.5, 0.6) is 0 Å². The highest BCUT2D eigenvalue weighted by atomic mass is 16.1. The van der Waals surface area contributed by atoms with E-state index in [0.29, 0.717) is 23.8 Å². The average Bonchev–Trinajstić information content (AvgIpc) is 2.86. The Morgan fingerprint density at radius 2 is 2.13 bits per heavy atom. The molecule has 0 saturated heterocycles. The van der Waals surface area contributed by atoms with Crippen molar-refractivity contribution in [3.8, 4) is 0 Å². The zero-order chi connectivity index (χ0) is 16.6. The van der Waals surface area contributed by atoms with Gasteiger partial charge in [-0.2, -0.15) is 0 Å². The Balaban J connectivity index is 2.08. The Labute approximate surface area is 132 Å². The second kappa shape index (κ2) is 5.68. The number of anilines is 1. The minimum atomic E-state index is -0.236. The van der Waals surface area contributed by atoms with Gasteiger partial charge in [0, 0.05) is 6.20 Å². The first-order valence-electron chi connectivity index (χ1n) is 7.27. The van der Waals surface area contributed by atoms with Crippen LogP contribution >= 0.6 is 0 Å². The lowest BCUT2D eigenvalue weighted by atomic mass is 10.2. The molecule has 0 unspecified atom stereocenters. The molecule has 23 heavy (non-hydrogen) atoms. The lowest BCUT2D eigenvalue weighted by Crippen LogP contribution is -2.22. The fourth-order valence-corrected chi connectivity index (χ4v) is 2.37. The number of hydrogen-bond donors (Lipinski definition) is 2. The van der Waals surface area contributed by atoms with Crippen molar-refractivity contribution < 1.29 is 0 Å². The summed E-state index contributed by atoms with van der Waals surface area (Å²) in [6, 6.07) is 3.32. The van der Waals surface area contributed by atoms with Crippen LogP contribution in [0.15, 0.2) is 28.7 Å². The topological polar surface area (TPSA) is 102 Å². The van der Waals surface area contributed by atoms with Crippen LogP contribution in [0.25, 0.3) is 17.2 Å². The molecule has 0 aromatic carbocycles. The van der Waals surface area contributed by atoms with Gasteiger partial charge >= 0.3 is 0 Å². The highest BCUT2D eigenvalue weighted by Gasteiger charge is 2.11. The second-order valence-electron chi connectivity index (χ2n) is 5.66. The molecule has 0 aliphatic carbocycles. The van der Waals surface area contributed by atoms with E-state index in [0.717, 1.165) is 16.8 Å². The highest BCUT2D eigenvalue weighted by molar-refractivity contribution is 5.80. The summed E-state index contributed by atoms with van der Waals surface area (Å²) in [7, 11) is 0.